The van der Waals surface area contributed by atoms with Gasteiger partial charge in [-0.25, -0.2) is 0 Å². The smallest absolute Gasteiger partial charge is 0.312 e. The van der Waals surface area contributed by atoms with Gasteiger partial charge in [0, 0.05) is 25.7 Å². The summed E-state index contributed by atoms with van der Waals surface area (Å²) in [5.74, 6) is 2.51. The number of carbonyl (C=O) groups excluding carboxylic acids is 1. The number of nitrogens with zero attached hydrogens (tertiary/aromatic N) is 1. The third kappa shape index (κ3) is 4.32. The Hall–Kier alpha value is -1.05. The van der Waals surface area contributed by atoms with Crippen molar-refractivity contribution in [3.63, 3.8) is 0 Å². The first kappa shape index (κ1) is 15.0. The fourth-order valence-corrected chi connectivity index (χ4v) is 2.17. The van der Waals surface area contributed by atoms with Crippen LogP contribution in [-0.4, -0.2) is 50.2 Å². The molecule has 18 heavy (non-hydrogen) atoms. The summed E-state index contributed by atoms with van der Waals surface area (Å²) in [5, 5.41) is 3.46. The van der Waals surface area contributed by atoms with Gasteiger partial charge in [-0.1, -0.05) is 5.92 Å². The van der Waals surface area contributed by atoms with Gasteiger partial charge in [-0.05, 0) is 26.7 Å². The largest absolute Gasteiger partial charge is 0.469 e. The average Bonchev–Trinajstić information content (AvgIpc) is 2.37. The van der Waals surface area contributed by atoms with E-state index in [9.17, 15) is 4.79 Å². The normalized spacial score (nSPS) is 18.3. The fourth-order valence-electron chi connectivity index (χ4n) is 2.17. The second-order valence-corrected chi connectivity index (χ2v) is 5.51. The number of piperidine rings is 1. The van der Waals surface area contributed by atoms with Gasteiger partial charge in [0.1, 0.15) is 0 Å². The number of hydrogen-bond acceptors (Lipinski definition) is 4. The first-order valence-corrected chi connectivity index (χ1v) is 6.47. The van der Waals surface area contributed by atoms with Gasteiger partial charge >= 0.3 is 5.97 Å². The zero-order valence-electron chi connectivity index (χ0n) is 11.7. The van der Waals surface area contributed by atoms with Gasteiger partial charge in [-0.3, -0.25) is 9.69 Å². The van der Waals surface area contributed by atoms with E-state index in [1.165, 1.54) is 7.11 Å². The monoisotopic (exact) mass is 252 g/mol. The highest BCUT2D eigenvalue weighted by Crippen LogP contribution is 2.17. The van der Waals surface area contributed by atoms with Gasteiger partial charge in [0.2, 0.25) is 0 Å². The summed E-state index contributed by atoms with van der Waals surface area (Å²) in [4.78, 5) is 13.8. The molecule has 1 N–H and O–H groups in total. The summed E-state index contributed by atoms with van der Waals surface area (Å²) in [5.41, 5.74) is -0.468. The van der Waals surface area contributed by atoms with Crippen LogP contribution in [0.25, 0.3) is 0 Å². The minimum Gasteiger partial charge on any atom is -0.469 e. The number of likely N-dealkylation sites (tertiary alicyclic amines) is 1. The lowest BCUT2D eigenvalue weighted by Crippen LogP contribution is -2.46. The van der Waals surface area contributed by atoms with Crippen LogP contribution in [0.4, 0.5) is 0 Å². The molecular weight excluding hydrogens is 228 g/mol. The molecule has 4 nitrogen and oxygen atoms in total. The second kappa shape index (κ2) is 6.77. The van der Waals surface area contributed by atoms with Crippen molar-refractivity contribution >= 4 is 5.97 Å². The van der Waals surface area contributed by atoms with E-state index in [1.54, 1.807) is 0 Å². The van der Waals surface area contributed by atoms with E-state index in [1.807, 2.05) is 13.8 Å². The molecule has 1 saturated heterocycles. The van der Waals surface area contributed by atoms with Gasteiger partial charge < -0.3 is 10.1 Å². The molecule has 1 fully saturated rings. The lowest BCUT2D eigenvalue weighted by atomic mass is 9.92. The Morgan fingerprint density at radius 1 is 1.50 bits per heavy atom. The third-order valence-corrected chi connectivity index (χ3v) is 3.47. The Bertz CT molecular complexity index is 312. The SMILES string of the molecule is C#CCN1CCC(NCC(C)(C)C(=O)OC)CC1. The van der Waals surface area contributed by atoms with Gasteiger partial charge in [-0.15, -0.1) is 6.42 Å². The zero-order valence-corrected chi connectivity index (χ0v) is 11.7. The van der Waals surface area contributed by atoms with E-state index < -0.39 is 5.41 Å². The lowest BCUT2D eigenvalue weighted by molar-refractivity contribution is -0.150. The maximum absolute atomic E-state index is 11.6. The van der Waals surface area contributed by atoms with Crippen molar-refractivity contribution in [2.75, 3.05) is 33.3 Å². The fraction of sp³-hybridized carbons (Fsp3) is 0.786. The summed E-state index contributed by atoms with van der Waals surface area (Å²) in [6.45, 7) is 7.25. The molecule has 1 aliphatic heterocycles. The lowest BCUT2D eigenvalue weighted by Gasteiger charge is -2.33. The van der Waals surface area contributed by atoms with Crippen LogP contribution in [0.5, 0.6) is 0 Å². The number of ether oxygens (including phenoxy) is 1. The van der Waals surface area contributed by atoms with Crippen LogP contribution in [0.3, 0.4) is 0 Å². The second-order valence-electron chi connectivity index (χ2n) is 5.51. The van der Waals surface area contributed by atoms with E-state index in [0.717, 1.165) is 32.5 Å². The van der Waals surface area contributed by atoms with Crippen LogP contribution in [-0.2, 0) is 9.53 Å². The third-order valence-electron chi connectivity index (χ3n) is 3.47. The molecule has 0 aromatic rings. The van der Waals surface area contributed by atoms with E-state index >= 15 is 0 Å². The standard InChI is InChI=1S/C14H24N2O2/c1-5-8-16-9-6-12(7-10-16)15-11-14(2,3)13(17)18-4/h1,12,15H,6-11H2,2-4H3. The molecule has 102 valence electrons. The van der Waals surface area contributed by atoms with Crippen molar-refractivity contribution in [1.29, 1.82) is 0 Å². The van der Waals surface area contributed by atoms with Crippen molar-refractivity contribution in [1.82, 2.24) is 10.2 Å². The molecule has 0 amide bonds. The first-order valence-electron chi connectivity index (χ1n) is 6.47. The van der Waals surface area contributed by atoms with Crippen molar-refractivity contribution in [2.45, 2.75) is 32.7 Å². The number of nitrogens with one attached hydrogen (secondary N) is 1. The highest BCUT2D eigenvalue weighted by Gasteiger charge is 2.29. The number of hydrogen-bond donors (Lipinski definition) is 1. The molecule has 0 aromatic heterocycles. The highest BCUT2D eigenvalue weighted by molar-refractivity contribution is 5.76. The topological polar surface area (TPSA) is 41.6 Å². The van der Waals surface area contributed by atoms with E-state index in [0.29, 0.717) is 12.6 Å². The quantitative estimate of drug-likeness (QED) is 0.582. The van der Waals surface area contributed by atoms with Crippen LogP contribution >= 0.6 is 0 Å². The molecule has 1 rings (SSSR count). The average molecular weight is 252 g/mol. The van der Waals surface area contributed by atoms with Gasteiger partial charge in [0.05, 0.1) is 19.1 Å². The Kier molecular flexibility index (Phi) is 5.64. The Labute approximate surface area is 110 Å². The van der Waals surface area contributed by atoms with Crippen LogP contribution in [0.1, 0.15) is 26.7 Å². The minimum atomic E-state index is -0.468. The predicted octanol–water partition coefficient (Wildman–Crippen LogP) is 0.873. The Morgan fingerprint density at radius 3 is 2.61 bits per heavy atom. The number of methoxy groups -OCH3 is 1. The molecule has 0 radical (unpaired) electrons. The van der Waals surface area contributed by atoms with Crippen molar-refractivity contribution in [3.05, 3.63) is 0 Å². The maximum Gasteiger partial charge on any atom is 0.312 e. The molecule has 0 aromatic carbocycles. The van der Waals surface area contributed by atoms with E-state index in [-0.39, 0.29) is 5.97 Å². The molecule has 0 unspecified atom stereocenters. The molecule has 0 spiro atoms. The molecular formula is C14H24N2O2. The molecule has 0 aliphatic carbocycles. The Morgan fingerprint density at radius 2 is 2.11 bits per heavy atom. The maximum atomic E-state index is 11.6. The summed E-state index contributed by atoms with van der Waals surface area (Å²) in [7, 11) is 1.43. The van der Waals surface area contributed by atoms with Crippen molar-refractivity contribution < 1.29 is 9.53 Å². The van der Waals surface area contributed by atoms with Crippen LogP contribution in [0.15, 0.2) is 0 Å². The van der Waals surface area contributed by atoms with Gasteiger partial charge in [-0.2, -0.15) is 0 Å². The number of rotatable bonds is 5. The number of esters is 1. The molecule has 1 heterocycles. The number of carbonyl (C=O) groups is 1. The molecule has 1 aliphatic rings. The summed E-state index contributed by atoms with van der Waals surface area (Å²) >= 11 is 0. The zero-order chi connectivity index (χ0) is 13.6. The van der Waals surface area contributed by atoms with Crippen molar-refractivity contribution in [3.8, 4) is 12.3 Å². The number of terminal acetylenes is 1. The molecule has 0 bridgehead atoms. The van der Waals surface area contributed by atoms with Gasteiger partial charge in [0.15, 0.2) is 0 Å². The molecule has 4 heteroatoms. The minimum absolute atomic E-state index is 0.167. The van der Waals surface area contributed by atoms with Crippen LogP contribution < -0.4 is 5.32 Å². The van der Waals surface area contributed by atoms with Crippen LogP contribution in [0.2, 0.25) is 0 Å². The molecule has 0 saturated carbocycles. The summed E-state index contributed by atoms with van der Waals surface area (Å²) in [6, 6.07) is 0.475. The summed E-state index contributed by atoms with van der Waals surface area (Å²) < 4.78 is 4.79. The van der Waals surface area contributed by atoms with Gasteiger partial charge in [0.25, 0.3) is 0 Å². The van der Waals surface area contributed by atoms with Crippen molar-refractivity contribution in [2.24, 2.45) is 5.41 Å². The predicted molar refractivity (Wildman–Crippen MR) is 72.1 cm³/mol. The van der Waals surface area contributed by atoms with Crippen LogP contribution in [0, 0.1) is 17.8 Å². The summed E-state index contributed by atoms with van der Waals surface area (Å²) in [6.07, 6.45) is 7.46. The van der Waals surface area contributed by atoms with E-state index in [4.69, 9.17) is 11.2 Å². The highest BCUT2D eigenvalue weighted by atomic mass is 16.5. The van der Waals surface area contributed by atoms with E-state index in [2.05, 4.69) is 16.1 Å². The Balaban J connectivity index is 2.30. The molecule has 0 atom stereocenters. The first-order chi connectivity index (χ1) is 8.49.